The molecule has 0 bridgehead atoms. The maximum atomic E-state index is 13.4. The van der Waals surface area contributed by atoms with Crippen molar-refractivity contribution in [2.45, 2.75) is 4.90 Å². The average molecular weight is 324 g/mol. The van der Waals surface area contributed by atoms with Gasteiger partial charge in [-0.15, -0.1) is 0 Å². The van der Waals surface area contributed by atoms with Crippen LogP contribution >= 0.6 is 0 Å². The standard InChI is InChI=1S/C12H9FN4O2S2/c13-8-6-7(4-5-9(8)14)17-21(18,19)11-3-1-2-10-12(11)16-20-15-10/h1-6,17H,14H2. The monoisotopic (exact) mass is 324 g/mol. The van der Waals surface area contributed by atoms with Gasteiger partial charge in [-0.3, -0.25) is 4.72 Å². The highest BCUT2D eigenvalue weighted by atomic mass is 32.2. The third-order valence-corrected chi connectivity index (χ3v) is 4.75. The van der Waals surface area contributed by atoms with E-state index in [0.717, 1.165) is 17.4 Å². The van der Waals surface area contributed by atoms with E-state index < -0.39 is 15.8 Å². The van der Waals surface area contributed by atoms with Gasteiger partial charge in [-0.05, 0) is 24.3 Å². The molecular formula is C12H9FN4O2S2. The molecular weight excluding hydrogens is 315 g/mol. The molecule has 0 radical (unpaired) electrons. The minimum atomic E-state index is -3.89. The first kappa shape index (κ1) is 13.7. The molecule has 9 heteroatoms. The highest BCUT2D eigenvalue weighted by Crippen LogP contribution is 2.37. The molecule has 0 unspecified atom stereocenters. The number of nitrogens with one attached hydrogen (secondary N) is 1. The summed E-state index contributed by atoms with van der Waals surface area (Å²) in [5, 5.41) is 0. The Morgan fingerprint density at radius 1 is 1.19 bits per heavy atom. The van der Waals surface area contributed by atoms with Gasteiger partial charge in [-0.25, -0.2) is 12.8 Å². The van der Waals surface area contributed by atoms with Crippen molar-refractivity contribution < 1.29 is 12.8 Å². The van der Waals surface area contributed by atoms with Crippen molar-refractivity contribution in [1.29, 1.82) is 0 Å². The Balaban J connectivity index is 2.00. The van der Waals surface area contributed by atoms with Crippen molar-refractivity contribution in [2.75, 3.05) is 10.5 Å². The van der Waals surface area contributed by atoms with Crippen LogP contribution in [-0.2, 0) is 21.4 Å². The largest absolute Gasteiger partial charge is 0.396 e. The van der Waals surface area contributed by atoms with E-state index >= 15 is 0 Å². The summed E-state index contributed by atoms with van der Waals surface area (Å²) in [5.41, 5.74) is 6.16. The van der Waals surface area contributed by atoms with Gasteiger partial charge in [0.05, 0.1) is 22.7 Å². The fourth-order valence-electron chi connectivity index (χ4n) is 1.80. The maximum absolute atomic E-state index is 13.4. The zero-order valence-electron chi connectivity index (χ0n) is 10.4. The third kappa shape index (κ3) is 2.52. The number of fused-ring (bicyclic) bond motifs is 1. The van der Waals surface area contributed by atoms with Crippen LogP contribution in [0.1, 0.15) is 0 Å². The van der Waals surface area contributed by atoms with Crippen molar-refractivity contribution >= 4 is 44.1 Å². The molecule has 0 atom stereocenters. The molecule has 2 aromatic carbocycles. The molecule has 0 aromatic heterocycles. The summed E-state index contributed by atoms with van der Waals surface area (Å²) in [6.45, 7) is 0. The van der Waals surface area contributed by atoms with Crippen molar-refractivity contribution in [3.63, 3.8) is 0 Å². The van der Waals surface area contributed by atoms with Crippen molar-refractivity contribution in [3.05, 3.63) is 42.2 Å². The topological polar surface area (TPSA) is 96.9 Å². The number of sulfonamides is 1. The molecule has 1 heterocycles. The number of rotatable bonds is 3. The summed E-state index contributed by atoms with van der Waals surface area (Å²) < 4.78 is 48.4. The van der Waals surface area contributed by atoms with Crippen LogP contribution in [0.4, 0.5) is 27.1 Å². The Hall–Kier alpha value is -2.26. The molecule has 108 valence electrons. The summed E-state index contributed by atoms with van der Waals surface area (Å²) in [7, 11) is -3.89. The van der Waals surface area contributed by atoms with Gasteiger partial charge in [-0.2, -0.15) is 8.73 Å². The molecule has 0 amide bonds. The summed E-state index contributed by atoms with van der Waals surface area (Å²) in [4.78, 5) is -0.00835. The maximum Gasteiger partial charge on any atom is 0.264 e. The normalized spacial score (nSPS) is 12.8. The van der Waals surface area contributed by atoms with Gasteiger partial charge in [0.2, 0.25) is 0 Å². The van der Waals surface area contributed by atoms with Crippen LogP contribution in [0.5, 0.6) is 0 Å². The predicted octanol–water partition coefficient (Wildman–Crippen LogP) is 2.94. The molecule has 0 aliphatic carbocycles. The van der Waals surface area contributed by atoms with Crippen LogP contribution in [0.2, 0.25) is 0 Å². The van der Waals surface area contributed by atoms with E-state index in [1.54, 1.807) is 12.1 Å². The van der Waals surface area contributed by atoms with Crippen LogP contribution in [0.25, 0.3) is 0 Å². The number of nitrogens with zero attached hydrogens (tertiary/aromatic N) is 2. The first-order valence-electron chi connectivity index (χ1n) is 5.76. The van der Waals surface area contributed by atoms with E-state index in [9.17, 15) is 12.8 Å². The van der Waals surface area contributed by atoms with Crippen molar-refractivity contribution in [2.24, 2.45) is 8.73 Å². The van der Waals surface area contributed by atoms with E-state index in [0.29, 0.717) is 5.69 Å². The Labute approximate surface area is 123 Å². The second-order valence-corrected chi connectivity index (χ2v) is 6.41. The zero-order chi connectivity index (χ0) is 15.0. The van der Waals surface area contributed by atoms with Crippen molar-refractivity contribution in [1.82, 2.24) is 0 Å². The van der Waals surface area contributed by atoms with Crippen LogP contribution in [-0.4, -0.2) is 8.42 Å². The average Bonchev–Trinajstić information content (AvgIpc) is 2.90. The van der Waals surface area contributed by atoms with Gasteiger partial charge >= 0.3 is 0 Å². The fourth-order valence-corrected chi connectivity index (χ4v) is 3.62. The zero-order valence-corrected chi connectivity index (χ0v) is 12.1. The molecule has 3 N–H and O–H groups in total. The van der Waals surface area contributed by atoms with Crippen molar-refractivity contribution in [3.8, 4) is 0 Å². The quantitative estimate of drug-likeness (QED) is 0.725. The van der Waals surface area contributed by atoms with E-state index in [2.05, 4.69) is 13.4 Å². The number of nitrogens with two attached hydrogens (primary N) is 1. The number of nitrogen functional groups attached to an aromatic ring is 1. The first-order chi connectivity index (χ1) is 9.97. The molecule has 3 rings (SSSR count). The SMILES string of the molecule is Nc1ccc(NS(=O)(=O)c2cccc3c2N=S=N3)cc1F. The van der Waals surface area contributed by atoms with Gasteiger partial charge < -0.3 is 5.73 Å². The summed E-state index contributed by atoms with van der Waals surface area (Å²) >= 11 is 0.925. The Bertz CT molecular complexity index is 905. The number of hydrogen-bond donors (Lipinski definition) is 2. The molecule has 0 saturated heterocycles. The smallest absolute Gasteiger partial charge is 0.264 e. The highest BCUT2D eigenvalue weighted by Gasteiger charge is 2.22. The number of halogens is 1. The molecule has 6 nitrogen and oxygen atoms in total. The molecule has 2 aromatic rings. The molecule has 1 aliphatic heterocycles. The second-order valence-electron chi connectivity index (χ2n) is 4.23. The van der Waals surface area contributed by atoms with E-state index in [1.165, 1.54) is 18.2 Å². The van der Waals surface area contributed by atoms with Crippen LogP contribution < -0.4 is 10.5 Å². The molecule has 0 saturated carbocycles. The van der Waals surface area contributed by atoms with E-state index in [-0.39, 0.29) is 22.0 Å². The van der Waals surface area contributed by atoms with Crippen LogP contribution in [0.15, 0.2) is 50.0 Å². The molecule has 0 spiro atoms. The Morgan fingerprint density at radius 2 is 2.00 bits per heavy atom. The van der Waals surface area contributed by atoms with Gasteiger partial charge in [0.15, 0.2) is 0 Å². The van der Waals surface area contributed by atoms with E-state index in [1.807, 2.05) is 0 Å². The molecule has 0 fully saturated rings. The lowest BCUT2D eigenvalue weighted by atomic mass is 10.3. The van der Waals surface area contributed by atoms with Gasteiger partial charge in [0.25, 0.3) is 10.0 Å². The lowest BCUT2D eigenvalue weighted by Crippen LogP contribution is -2.13. The Kier molecular flexibility index (Phi) is 3.22. The number of hydrogen-bond acceptors (Lipinski definition) is 5. The van der Waals surface area contributed by atoms with Gasteiger partial charge in [-0.1, -0.05) is 6.07 Å². The Morgan fingerprint density at radius 3 is 2.76 bits per heavy atom. The minimum Gasteiger partial charge on any atom is -0.396 e. The van der Waals surface area contributed by atoms with Crippen LogP contribution in [0, 0.1) is 5.82 Å². The summed E-state index contributed by atoms with van der Waals surface area (Å²) in [6, 6.07) is 8.35. The summed E-state index contributed by atoms with van der Waals surface area (Å²) in [6.07, 6.45) is 0. The minimum absolute atomic E-state index is 0.00835. The van der Waals surface area contributed by atoms with Gasteiger partial charge in [0, 0.05) is 6.07 Å². The van der Waals surface area contributed by atoms with Crippen LogP contribution in [0.3, 0.4) is 0 Å². The lowest BCUT2D eigenvalue weighted by molar-refractivity contribution is 0.601. The lowest BCUT2D eigenvalue weighted by Gasteiger charge is -2.10. The highest BCUT2D eigenvalue weighted by molar-refractivity contribution is 7.93. The number of anilines is 2. The summed E-state index contributed by atoms with van der Waals surface area (Å²) in [5.74, 6) is -0.691. The fraction of sp³-hybridized carbons (Fsp3) is 0. The third-order valence-electron chi connectivity index (χ3n) is 2.79. The predicted molar refractivity (Wildman–Crippen MR) is 79.6 cm³/mol. The first-order valence-corrected chi connectivity index (χ1v) is 7.98. The number of benzene rings is 2. The van der Waals surface area contributed by atoms with Gasteiger partial charge in [0.1, 0.15) is 22.1 Å². The van der Waals surface area contributed by atoms with E-state index in [4.69, 9.17) is 5.73 Å². The molecule has 21 heavy (non-hydrogen) atoms. The molecule has 1 aliphatic rings. The second kappa shape index (κ2) is 4.93.